The highest BCUT2D eigenvalue weighted by molar-refractivity contribution is 9.10. The van der Waals surface area contributed by atoms with Gasteiger partial charge in [-0.25, -0.2) is 0 Å². The van der Waals surface area contributed by atoms with Crippen LogP contribution in [0.3, 0.4) is 0 Å². The summed E-state index contributed by atoms with van der Waals surface area (Å²) >= 11 is 3.50. The van der Waals surface area contributed by atoms with E-state index >= 15 is 0 Å². The molecule has 0 aliphatic carbocycles. The van der Waals surface area contributed by atoms with E-state index in [0.29, 0.717) is 11.7 Å². The van der Waals surface area contributed by atoms with Crippen LogP contribution in [0.2, 0.25) is 0 Å². The largest absolute Gasteiger partial charge is 0.337 e. The highest BCUT2D eigenvalue weighted by atomic mass is 79.9. The molecule has 0 radical (unpaired) electrons. The molecule has 0 saturated carbocycles. The second kappa shape index (κ2) is 5.79. The third-order valence-corrected chi connectivity index (χ3v) is 4.15. The Morgan fingerprint density at radius 3 is 2.62 bits per heavy atom. The molecule has 3 aromatic rings. The molecule has 4 nitrogen and oxygen atoms in total. The lowest BCUT2D eigenvalue weighted by molar-refractivity contribution is 0.367. The summed E-state index contributed by atoms with van der Waals surface area (Å²) in [4.78, 5) is 4.40. The second-order valence-corrected chi connectivity index (χ2v) is 5.66. The maximum Gasteiger partial charge on any atom is 0.248 e. The van der Waals surface area contributed by atoms with Crippen LogP contribution in [0, 0.1) is 6.92 Å². The fourth-order valence-electron chi connectivity index (χ4n) is 2.01. The minimum atomic E-state index is -0.415. The minimum absolute atomic E-state index is 0.410. The van der Waals surface area contributed by atoms with Gasteiger partial charge in [-0.1, -0.05) is 63.6 Å². The molecule has 1 aromatic heterocycles. The molecule has 1 heterocycles. The zero-order valence-corrected chi connectivity index (χ0v) is 13.0. The van der Waals surface area contributed by atoms with E-state index in [2.05, 4.69) is 26.1 Å². The summed E-state index contributed by atoms with van der Waals surface area (Å²) in [6.07, 6.45) is 0. The van der Waals surface area contributed by atoms with Crippen molar-refractivity contribution in [3.8, 4) is 11.4 Å². The van der Waals surface area contributed by atoms with E-state index in [4.69, 9.17) is 10.3 Å². The summed E-state index contributed by atoms with van der Waals surface area (Å²) in [7, 11) is 0. The molecule has 0 saturated heterocycles. The van der Waals surface area contributed by atoms with Crippen molar-refractivity contribution in [3.05, 3.63) is 70.0 Å². The van der Waals surface area contributed by atoms with Gasteiger partial charge in [-0.05, 0) is 24.1 Å². The molecule has 0 bridgehead atoms. The van der Waals surface area contributed by atoms with Crippen molar-refractivity contribution in [2.45, 2.75) is 13.0 Å². The fraction of sp³-hybridized carbons (Fsp3) is 0.125. The first-order chi connectivity index (χ1) is 10.1. The van der Waals surface area contributed by atoms with Gasteiger partial charge in [0.05, 0.1) is 0 Å². The highest BCUT2D eigenvalue weighted by Crippen LogP contribution is 2.25. The fourth-order valence-corrected chi connectivity index (χ4v) is 2.39. The number of halogens is 1. The molecule has 0 amide bonds. The van der Waals surface area contributed by atoms with Crippen LogP contribution in [0.5, 0.6) is 0 Å². The van der Waals surface area contributed by atoms with Crippen LogP contribution in [0.25, 0.3) is 11.4 Å². The molecule has 0 aliphatic rings. The van der Waals surface area contributed by atoms with E-state index in [-0.39, 0.29) is 0 Å². The topological polar surface area (TPSA) is 64.9 Å². The van der Waals surface area contributed by atoms with Crippen molar-refractivity contribution < 1.29 is 4.52 Å². The third kappa shape index (κ3) is 2.89. The Balaban J connectivity index is 1.91. The molecule has 5 heteroatoms. The summed E-state index contributed by atoms with van der Waals surface area (Å²) in [5.41, 5.74) is 9.15. The molecule has 0 fully saturated rings. The van der Waals surface area contributed by atoms with Gasteiger partial charge in [-0.3, -0.25) is 0 Å². The summed E-state index contributed by atoms with van der Waals surface area (Å²) in [6.45, 7) is 2.03. The van der Waals surface area contributed by atoms with Crippen molar-refractivity contribution in [1.29, 1.82) is 0 Å². The van der Waals surface area contributed by atoms with Crippen LogP contribution in [-0.2, 0) is 0 Å². The van der Waals surface area contributed by atoms with Crippen molar-refractivity contribution in [2.75, 3.05) is 0 Å². The van der Waals surface area contributed by atoms with E-state index in [0.717, 1.165) is 21.2 Å². The lowest BCUT2D eigenvalue weighted by Crippen LogP contribution is -2.11. The average Bonchev–Trinajstić information content (AvgIpc) is 3.00. The molecule has 106 valence electrons. The van der Waals surface area contributed by atoms with Gasteiger partial charge in [0.1, 0.15) is 6.04 Å². The van der Waals surface area contributed by atoms with Gasteiger partial charge in [-0.2, -0.15) is 4.98 Å². The summed E-state index contributed by atoms with van der Waals surface area (Å²) in [6, 6.07) is 15.2. The van der Waals surface area contributed by atoms with Crippen LogP contribution in [0.1, 0.15) is 23.1 Å². The van der Waals surface area contributed by atoms with Gasteiger partial charge in [0.2, 0.25) is 11.7 Å². The standard InChI is InChI=1S/C16H14BrN3O/c1-10-7-8-12(9-13(10)17)15-19-16(21-20-15)14(18)11-5-3-2-4-6-11/h2-9,14H,18H2,1H3/t14-/m1/s1. The van der Waals surface area contributed by atoms with Crippen molar-refractivity contribution in [2.24, 2.45) is 5.73 Å². The van der Waals surface area contributed by atoms with Crippen LogP contribution in [0.4, 0.5) is 0 Å². The minimum Gasteiger partial charge on any atom is -0.337 e. The van der Waals surface area contributed by atoms with Crippen molar-refractivity contribution in [1.82, 2.24) is 10.1 Å². The van der Waals surface area contributed by atoms with Crippen molar-refractivity contribution >= 4 is 15.9 Å². The highest BCUT2D eigenvalue weighted by Gasteiger charge is 2.17. The van der Waals surface area contributed by atoms with Crippen LogP contribution >= 0.6 is 15.9 Å². The molecule has 1 atom stereocenters. The molecule has 21 heavy (non-hydrogen) atoms. The SMILES string of the molecule is Cc1ccc(-c2noc([C@H](N)c3ccccc3)n2)cc1Br. The predicted octanol–water partition coefficient (Wildman–Crippen LogP) is 3.86. The number of hydrogen-bond donors (Lipinski definition) is 1. The Kier molecular flexibility index (Phi) is 3.86. The average molecular weight is 344 g/mol. The number of benzene rings is 2. The van der Waals surface area contributed by atoms with E-state index in [1.165, 1.54) is 0 Å². The van der Waals surface area contributed by atoms with Gasteiger partial charge >= 0.3 is 0 Å². The van der Waals surface area contributed by atoms with E-state index < -0.39 is 6.04 Å². The normalized spacial score (nSPS) is 12.3. The lowest BCUT2D eigenvalue weighted by atomic mass is 10.1. The van der Waals surface area contributed by atoms with Crippen LogP contribution in [0.15, 0.2) is 57.5 Å². The summed E-state index contributed by atoms with van der Waals surface area (Å²) in [5.74, 6) is 0.949. The first kappa shape index (κ1) is 14.0. The Hall–Kier alpha value is -1.98. The van der Waals surface area contributed by atoms with Gasteiger partial charge in [0.25, 0.3) is 0 Å². The maximum absolute atomic E-state index is 6.16. The Morgan fingerprint density at radius 1 is 1.14 bits per heavy atom. The van der Waals surface area contributed by atoms with E-state index in [9.17, 15) is 0 Å². The first-order valence-corrected chi connectivity index (χ1v) is 7.35. The van der Waals surface area contributed by atoms with E-state index in [1.54, 1.807) is 0 Å². The molecule has 3 rings (SSSR count). The van der Waals surface area contributed by atoms with Gasteiger partial charge in [0.15, 0.2) is 0 Å². The van der Waals surface area contributed by atoms with E-state index in [1.807, 2.05) is 55.5 Å². The number of nitrogens with two attached hydrogens (primary N) is 1. The molecule has 0 aliphatic heterocycles. The lowest BCUT2D eigenvalue weighted by Gasteiger charge is -2.05. The zero-order valence-electron chi connectivity index (χ0n) is 11.5. The molecule has 0 unspecified atom stereocenters. The summed E-state index contributed by atoms with van der Waals surface area (Å²) in [5, 5.41) is 4.02. The first-order valence-electron chi connectivity index (χ1n) is 6.56. The maximum atomic E-state index is 6.16. The molecular formula is C16H14BrN3O. The number of hydrogen-bond acceptors (Lipinski definition) is 4. The number of aryl methyl sites for hydroxylation is 1. The molecule has 0 spiro atoms. The third-order valence-electron chi connectivity index (χ3n) is 3.30. The van der Waals surface area contributed by atoms with Gasteiger partial charge < -0.3 is 10.3 Å². The van der Waals surface area contributed by atoms with Gasteiger partial charge in [-0.15, -0.1) is 0 Å². The number of nitrogens with zero attached hydrogens (tertiary/aromatic N) is 2. The summed E-state index contributed by atoms with van der Waals surface area (Å²) < 4.78 is 6.32. The monoisotopic (exact) mass is 343 g/mol. The Labute approximate surface area is 131 Å². The van der Waals surface area contributed by atoms with Crippen LogP contribution in [-0.4, -0.2) is 10.1 Å². The van der Waals surface area contributed by atoms with Crippen LogP contribution < -0.4 is 5.73 Å². The van der Waals surface area contributed by atoms with Gasteiger partial charge in [0, 0.05) is 10.0 Å². The molecule has 2 N–H and O–H groups in total. The predicted molar refractivity (Wildman–Crippen MR) is 84.6 cm³/mol. The number of aromatic nitrogens is 2. The Bertz CT molecular complexity index is 755. The second-order valence-electron chi connectivity index (χ2n) is 4.81. The molecular weight excluding hydrogens is 330 g/mol. The zero-order chi connectivity index (χ0) is 14.8. The number of rotatable bonds is 3. The Morgan fingerprint density at radius 2 is 1.90 bits per heavy atom. The quantitative estimate of drug-likeness (QED) is 0.784. The molecule has 2 aromatic carbocycles. The van der Waals surface area contributed by atoms with Crippen molar-refractivity contribution in [3.63, 3.8) is 0 Å². The smallest absolute Gasteiger partial charge is 0.248 e.